The molecule has 0 aliphatic heterocycles. The zero-order valence-electron chi connectivity index (χ0n) is 17.9. The topological polar surface area (TPSA) is 59.8 Å². The second-order valence-corrected chi connectivity index (χ2v) is 7.89. The first-order valence-corrected chi connectivity index (χ1v) is 10.2. The van der Waals surface area contributed by atoms with Crippen molar-refractivity contribution in [3.63, 3.8) is 0 Å². The number of anilines is 1. The number of aryl methyl sites for hydroxylation is 5. The lowest BCUT2D eigenvalue weighted by Gasteiger charge is -2.12. The van der Waals surface area contributed by atoms with Gasteiger partial charge in [-0.1, -0.05) is 42.0 Å². The van der Waals surface area contributed by atoms with Gasteiger partial charge in [0.25, 0.3) is 0 Å². The van der Waals surface area contributed by atoms with Gasteiger partial charge >= 0.3 is 0 Å². The molecule has 1 N–H and O–H groups in total. The lowest BCUT2D eigenvalue weighted by Crippen LogP contribution is -2.16. The normalized spacial score (nSPS) is 11.1. The van der Waals surface area contributed by atoms with E-state index >= 15 is 0 Å². The van der Waals surface area contributed by atoms with Crippen molar-refractivity contribution in [3.8, 4) is 5.82 Å². The van der Waals surface area contributed by atoms with Crippen LogP contribution < -0.4 is 5.32 Å². The molecule has 30 heavy (non-hydrogen) atoms. The maximum Gasteiger partial charge on any atom is 0.225 e. The maximum atomic E-state index is 12.6. The number of nitrogens with zero attached hydrogens (tertiary/aromatic N) is 3. The first-order chi connectivity index (χ1) is 14.4. The number of carbonyl (C=O) groups is 1. The summed E-state index contributed by atoms with van der Waals surface area (Å²) in [5.74, 6) is 1.31. The van der Waals surface area contributed by atoms with Crippen molar-refractivity contribution in [1.29, 1.82) is 0 Å². The zero-order valence-corrected chi connectivity index (χ0v) is 17.9. The first kappa shape index (κ1) is 19.8. The predicted molar refractivity (Wildman–Crippen MR) is 121 cm³/mol. The van der Waals surface area contributed by atoms with Crippen LogP contribution in [0.4, 0.5) is 5.82 Å². The van der Waals surface area contributed by atoms with Gasteiger partial charge in [0.15, 0.2) is 5.82 Å². The third-order valence-corrected chi connectivity index (χ3v) is 5.24. The molecule has 0 aliphatic rings. The molecule has 0 atom stereocenters. The smallest absolute Gasteiger partial charge is 0.225 e. The summed E-state index contributed by atoms with van der Waals surface area (Å²) >= 11 is 0. The van der Waals surface area contributed by atoms with Crippen LogP contribution in [0.15, 0.2) is 54.6 Å². The van der Waals surface area contributed by atoms with E-state index in [-0.39, 0.29) is 5.91 Å². The van der Waals surface area contributed by atoms with Crippen molar-refractivity contribution in [2.24, 2.45) is 0 Å². The summed E-state index contributed by atoms with van der Waals surface area (Å²) in [5.41, 5.74) is 6.43. The van der Waals surface area contributed by atoms with Crippen LogP contribution in [0.5, 0.6) is 0 Å². The van der Waals surface area contributed by atoms with Gasteiger partial charge in [-0.15, -0.1) is 0 Å². The fourth-order valence-electron chi connectivity index (χ4n) is 3.81. The number of benzene rings is 2. The number of hydrogen-bond donors (Lipinski definition) is 1. The molecule has 152 valence electrons. The van der Waals surface area contributed by atoms with E-state index in [1.54, 1.807) is 4.68 Å². The molecule has 2 aromatic carbocycles. The number of carbonyl (C=O) groups excluding carboxylic acids is 1. The van der Waals surface area contributed by atoms with E-state index in [9.17, 15) is 4.79 Å². The Hall–Kier alpha value is -3.47. The van der Waals surface area contributed by atoms with E-state index in [1.807, 2.05) is 49.4 Å². The van der Waals surface area contributed by atoms with Crippen LogP contribution in [0.1, 0.15) is 34.4 Å². The fourth-order valence-corrected chi connectivity index (χ4v) is 3.81. The molecule has 4 aromatic rings. The molecule has 1 amide bonds. The van der Waals surface area contributed by atoms with Crippen LogP contribution in [-0.4, -0.2) is 20.7 Å². The minimum atomic E-state index is -0.0377. The number of nitrogens with one attached hydrogen (secondary N) is 1. The third-order valence-electron chi connectivity index (χ3n) is 5.24. The summed E-state index contributed by atoms with van der Waals surface area (Å²) < 4.78 is 1.72. The second-order valence-electron chi connectivity index (χ2n) is 7.89. The minimum Gasteiger partial charge on any atom is -0.311 e. The monoisotopic (exact) mass is 398 g/mol. The Bertz CT molecular complexity index is 1230. The van der Waals surface area contributed by atoms with E-state index in [4.69, 9.17) is 4.98 Å². The molecular formula is C25H26N4O. The van der Waals surface area contributed by atoms with Gasteiger partial charge < -0.3 is 5.32 Å². The molecule has 2 heterocycles. The summed E-state index contributed by atoms with van der Waals surface area (Å²) in [6.45, 7) is 8.17. The molecule has 0 saturated carbocycles. The highest BCUT2D eigenvalue weighted by molar-refractivity contribution is 5.90. The van der Waals surface area contributed by atoms with Crippen LogP contribution in [0, 0.1) is 27.7 Å². The van der Waals surface area contributed by atoms with Crippen LogP contribution in [-0.2, 0) is 11.2 Å². The molecule has 4 rings (SSSR count). The van der Waals surface area contributed by atoms with Crippen molar-refractivity contribution in [1.82, 2.24) is 14.8 Å². The zero-order chi connectivity index (χ0) is 21.3. The average Bonchev–Trinajstić information content (AvgIpc) is 3.08. The molecular weight excluding hydrogens is 372 g/mol. The van der Waals surface area contributed by atoms with E-state index in [1.165, 1.54) is 5.56 Å². The van der Waals surface area contributed by atoms with E-state index < -0.39 is 0 Å². The van der Waals surface area contributed by atoms with E-state index in [2.05, 4.69) is 43.3 Å². The molecule has 2 aromatic heterocycles. The average molecular weight is 399 g/mol. The van der Waals surface area contributed by atoms with Crippen LogP contribution in [0.3, 0.4) is 0 Å². The van der Waals surface area contributed by atoms with E-state index in [0.29, 0.717) is 24.5 Å². The van der Waals surface area contributed by atoms with Gasteiger partial charge in [-0.25, -0.2) is 4.98 Å². The molecule has 0 fully saturated rings. The Balaban J connectivity index is 1.62. The number of amides is 1. The van der Waals surface area contributed by atoms with Crippen LogP contribution in [0.2, 0.25) is 0 Å². The van der Waals surface area contributed by atoms with Gasteiger partial charge in [0.1, 0.15) is 5.82 Å². The van der Waals surface area contributed by atoms with Gasteiger partial charge in [0.05, 0.1) is 11.2 Å². The number of rotatable bonds is 5. The van der Waals surface area contributed by atoms with Gasteiger partial charge in [-0.2, -0.15) is 9.78 Å². The van der Waals surface area contributed by atoms with Gasteiger partial charge in [-0.3, -0.25) is 4.79 Å². The van der Waals surface area contributed by atoms with Gasteiger partial charge in [0, 0.05) is 17.9 Å². The van der Waals surface area contributed by atoms with Crippen LogP contribution in [0.25, 0.3) is 16.7 Å². The Labute approximate surface area is 176 Å². The molecule has 0 bridgehead atoms. The molecule has 0 aliphatic carbocycles. The lowest BCUT2D eigenvalue weighted by atomic mass is 10.0. The Morgan fingerprint density at radius 3 is 2.50 bits per heavy atom. The number of aromatic nitrogens is 3. The summed E-state index contributed by atoms with van der Waals surface area (Å²) in [5, 5.41) is 8.75. The first-order valence-electron chi connectivity index (χ1n) is 10.2. The predicted octanol–water partition coefficient (Wildman–Crippen LogP) is 5.23. The number of pyridine rings is 1. The molecule has 0 saturated heterocycles. The largest absolute Gasteiger partial charge is 0.311 e. The van der Waals surface area contributed by atoms with Gasteiger partial charge in [-0.05, 0) is 62.9 Å². The van der Waals surface area contributed by atoms with Crippen LogP contribution >= 0.6 is 0 Å². The summed E-state index contributed by atoms with van der Waals surface area (Å²) in [6, 6.07) is 18.2. The molecule has 5 heteroatoms. The molecule has 0 spiro atoms. The SMILES string of the molecule is Cc1cc(C)c2nc(-n3nc(C)cc3NC(=O)CCc3ccccc3)cc(C)c2c1. The third kappa shape index (κ3) is 4.10. The highest BCUT2D eigenvalue weighted by atomic mass is 16.1. The summed E-state index contributed by atoms with van der Waals surface area (Å²) in [7, 11) is 0. The lowest BCUT2D eigenvalue weighted by molar-refractivity contribution is -0.116. The quantitative estimate of drug-likeness (QED) is 0.501. The highest BCUT2D eigenvalue weighted by Gasteiger charge is 2.14. The Kier molecular flexibility index (Phi) is 5.36. The Morgan fingerprint density at radius 2 is 1.73 bits per heavy atom. The fraction of sp³-hybridized carbons (Fsp3) is 0.240. The molecule has 0 unspecified atom stereocenters. The highest BCUT2D eigenvalue weighted by Crippen LogP contribution is 2.26. The van der Waals surface area contributed by atoms with Crippen molar-refractivity contribution >= 4 is 22.6 Å². The van der Waals surface area contributed by atoms with Crippen molar-refractivity contribution in [2.75, 3.05) is 5.32 Å². The van der Waals surface area contributed by atoms with Crippen molar-refractivity contribution in [2.45, 2.75) is 40.5 Å². The Morgan fingerprint density at radius 1 is 0.967 bits per heavy atom. The maximum absolute atomic E-state index is 12.6. The summed E-state index contributed by atoms with van der Waals surface area (Å²) in [6.07, 6.45) is 1.11. The second kappa shape index (κ2) is 8.11. The minimum absolute atomic E-state index is 0.0377. The van der Waals surface area contributed by atoms with Crippen molar-refractivity contribution in [3.05, 3.63) is 82.5 Å². The number of hydrogen-bond acceptors (Lipinski definition) is 3. The van der Waals surface area contributed by atoms with Gasteiger partial charge in [0.2, 0.25) is 5.91 Å². The van der Waals surface area contributed by atoms with E-state index in [0.717, 1.165) is 33.3 Å². The number of fused-ring (bicyclic) bond motifs is 1. The molecule has 0 radical (unpaired) electrons. The molecule has 5 nitrogen and oxygen atoms in total. The standard InChI is InChI=1S/C25H26N4O/c1-16-12-18(3)25-21(13-16)17(2)14-22(27-25)29-23(15-19(4)28-29)26-24(30)11-10-20-8-6-5-7-9-20/h5-9,12-15H,10-11H2,1-4H3,(H,26,30). The van der Waals surface area contributed by atoms with Crippen molar-refractivity contribution < 1.29 is 4.79 Å². The summed E-state index contributed by atoms with van der Waals surface area (Å²) in [4.78, 5) is 17.4.